The Hall–Kier alpha value is -2.29. The van der Waals surface area contributed by atoms with E-state index in [1.165, 1.54) is 16.8 Å². The van der Waals surface area contributed by atoms with Gasteiger partial charge >= 0.3 is 0 Å². The summed E-state index contributed by atoms with van der Waals surface area (Å²) in [5.74, 6) is 0.791. The zero-order valence-electron chi connectivity index (χ0n) is 12.7. The monoisotopic (exact) mass is 280 g/mol. The second-order valence-electron chi connectivity index (χ2n) is 5.53. The smallest absolute Gasteiger partial charge is 0.197 e. The maximum absolute atomic E-state index is 5.87. The zero-order valence-corrected chi connectivity index (χ0v) is 12.7. The molecule has 3 rings (SSSR count). The number of nitrogens with one attached hydrogen (secondary N) is 1. The first-order chi connectivity index (χ1) is 10.1. The Labute approximate surface area is 125 Å². The molecular weight excluding hydrogens is 260 g/mol. The molecule has 0 bridgehead atoms. The molecule has 1 N–H and O–H groups in total. The summed E-state index contributed by atoms with van der Waals surface area (Å²) in [4.78, 5) is 4.58. The van der Waals surface area contributed by atoms with E-state index in [1.54, 1.807) is 0 Å². The number of aromatic nitrogens is 1. The molecule has 3 aromatic rings. The van der Waals surface area contributed by atoms with Crippen molar-refractivity contribution in [1.29, 1.82) is 0 Å². The van der Waals surface area contributed by atoms with Crippen LogP contribution in [0.2, 0.25) is 0 Å². The molecule has 108 valence electrons. The van der Waals surface area contributed by atoms with Crippen molar-refractivity contribution in [3.63, 3.8) is 0 Å². The summed E-state index contributed by atoms with van der Waals surface area (Å²) < 4.78 is 5.87. The number of oxazole rings is 1. The first-order valence-electron chi connectivity index (χ1n) is 7.29. The number of rotatable bonds is 4. The van der Waals surface area contributed by atoms with Crippen molar-refractivity contribution in [2.75, 3.05) is 11.9 Å². The molecule has 0 aliphatic carbocycles. The van der Waals surface area contributed by atoms with E-state index < -0.39 is 0 Å². The van der Waals surface area contributed by atoms with E-state index in [0.29, 0.717) is 0 Å². The highest BCUT2D eigenvalue weighted by Gasteiger charge is 2.08. The van der Waals surface area contributed by atoms with Crippen LogP contribution in [0.4, 0.5) is 5.69 Å². The molecule has 21 heavy (non-hydrogen) atoms. The molecule has 3 nitrogen and oxygen atoms in total. The first-order valence-corrected chi connectivity index (χ1v) is 7.29. The molecule has 1 aromatic heterocycles. The van der Waals surface area contributed by atoms with Gasteiger partial charge in [-0.25, -0.2) is 4.98 Å². The molecule has 0 fully saturated rings. The number of fused-ring (bicyclic) bond motifs is 1. The molecule has 0 amide bonds. The summed E-state index contributed by atoms with van der Waals surface area (Å²) in [7, 11) is 0. The van der Waals surface area contributed by atoms with Crippen molar-refractivity contribution in [2.45, 2.75) is 27.2 Å². The Bertz CT molecular complexity index is 774. The third-order valence-electron chi connectivity index (χ3n) is 3.66. The van der Waals surface area contributed by atoms with Crippen LogP contribution in [-0.4, -0.2) is 11.5 Å². The highest BCUT2D eigenvalue weighted by molar-refractivity contribution is 5.77. The molecule has 0 atom stereocenters. The van der Waals surface area contributed by atoms with Crippen molar-refractivity contribution < 1.29 is 4.42 Å². The predicted octanol–water partition coefficient (Wildman–Crippen LogP) is 4.41. The fourth-order valence-corrected chi connectivity index (χ4v) is 2.61. The molecule has 1 heterocycles. The molecule has 0 saturated carbocycles. The molecule has 0 radical (unpaired) electrons. The number of hydrogen-bond acceptors (Lipinski definition) is 3. The van der Waals surface area contributed by atoms with Crippen LogP contribution < -0.4 is 5.32 Å². The van der Waals surface area contributed by atoms with Crippen molar-refractivity contribution in [3.8, 4) is 0 Å². The van der Waals surface area contributed by atoms with E-state index in [1.807, 2.05) is 12.1 Å². The van der Waals surface area contributed by atoms with Gasteiger partial charge in [-0.1, -0.05) is 24.3 Å². The van der Waals surface area contributed by atoms with Crippen LogP contribution in [0.3, 0.4) is 0 Å². The van der Waals surface area contributed by atoms with Gasteiger partial charge in [0.25, 0.3) is 0 Å². The SMILES string of the molecule is Cc1cc(C)c2oc(CCNc3ccccc3C)nc2c1. The largest absolute Gasteiger partial charge is 0.440 e. The fraction of sp³-hybridized carbons (Fsp3) is 0.278. The number of benzene rings is 2. The van der Waals surface area contributed by atoms with Crippen molar-refractivity contribution in [2.24, 2.45) is 0 Å². The van der Waals surface area contributed by atoms with Gasteiger partial charge in [0.1, 0.15) is 5.52 Å². The van der Waals surface area contributed by atoms with Crippen molar-refractivity contribution >= 4 is 16.8 Å². The standard InChI is InChI=1S/C18H20N2O/c1-12-10-14(3)18-16(11-12)20-17(21-18)8-9-19-15-7-5-4-6-13(15)2/h4-7,10-11,19H,8-9H2,1-3H3. The van der Waals surface area contributed by atoms with Crippen LogP contribution in [0.15, 0.2) is 40.8 Å². The summed E-state index contributed by atoms with van der Waals surface area (Å²) in [6.45, 7) is 7.07. The topological polar surface area (TPSA) is 38.1 Å². The Balaban J connectivity index is 1.71. The molecule has 0 aliphatic heterocycles. The highest BCUT2D eigenvalue weighted by Crippen LogP contribution is 2.22. The van der Waals surface area contributed by atoms with E-state index in [0.717, 1.165) is 35.5 Å². The van der Waals surface area contributed by atoms with Crippen LogP contribution in [0.5, 0.6) is 0 Å². The van der Waals surface area contributed by atoms with E-state index in [2.05, 4.69) is 55.3 Å². The summed E-state index contributed by atoms with van der Waals surface area (Å²) >= 11 is 0. The number of nitrogens with zero attached hydrogens (tertiary/aromatic N) is 1. The van der Waals surface area contributed by atoms with E-state index in [9.17, 15) is 0 Å². The quantitative estimate of drug-likeness (QED) is 0.769. The van der Waals surface area contributed by atoms with Gasteiger partial charge in [0.2, 0.25) is 0 Å². The molecule has 3 heteroatoms. The van der Waals surface area contributed by atoms with Crippen LogP contribution in [0, 0.1) is 20.8 Å². The Morgan fingerprint density at radius 2 is 1.86 bits per heavy atom. The molecular formula is C18H20N2O. The Morgan fingerprint density at radius 3 is 2.67 bits per heavy atom. The normalized spacial score (nSPS) is 11.0. The van der Waals surface area contributed by atoms with E-state index in [4.69, 9.17) is 4.42 Å². The van der Waals surface area contributed by atoms with Gasteiger partial charge in [0.15, 0.2) is 11.5 Å². The van der Waals surface area contributed by atoms with Crippen LogP contribution in [0.1, 0.15) is 22.6 Å². The first kappa shape index (κ1) is 13.7. The predicted molar refractivity (Wildman–Crippen MR) is 86.9 cm³/mol. The number of aryl methyl sites for hydroxylation is 3. The van der Waals surface area contributed by atoms with Crippen LogP contribution >= 0.6 is 0 Å². The second kappa shape index (κ2) is 5.60. The maximum atomic E-state index is 5.87. The van der Waals surface area contributed by atoms with Gasteiger partial charge in [0.05, 0.1) is 0 Å². The minimum atomic E-state index is 0.779. The lowest BCUT2D eigenvalue weighted by molar-refractivity contribution is 0.532. The van der Waals surface area contributed by atoms with Gasteiger partial charge in [-0.05, 0) is 49.6 Å². The molecule has 0 spiro atoms. The molecule has 0 unspecified atom stereocenters. The fourth-order valence-electron chi connectivity index (χ4n) is 2.61. The number of para-hydroxylation sites is 1. The third-order valence-corrected chi connectivity index (χ3v) is 3.66. The minimum absolute atomic E-state index is 0.779. The lowest BCUT2D eigenvalue weighted by Crippen LogP contribution is -2.05. The average Bonchev–Trinajstić information content (AvgIpc) is 2.84. The summed E-state index contributed by atoms with van der Waals surface area (Å²) in [6.07, 6.45) is 0.779. The Morgan fingerprint density at radius 1 is 1.05 bits per heavy atom. The van der Waals surface area contributed by atoms with Gasteiger partial charge < -0.3 is 9.73 Å². The minimum Gasteiger partial charge on any atom is -0.440 e. The zero-order chi connectivity index (χ0) is 14.8. The van der Waals surface area contributed by atoms with Gasteiger partial charge in [-0.3, -0.25) is 0 Å². The van der Waals surface area contributed by atoms with Gasteiger partial charge in [-0.15, -0.1) is 0 Å². The van der Waals surface area contributed by atoms with Crippen molar-refractivity contribution in [1.82, 2.24) is 4.98 Å². The summed E-state index contributed by atoms with van der Waals surface area (Å²) in [5.41, 5.74) is 6.65. The number of anilines is 1. The van der Waals surface area contributed by atoms with Gasteiger partial charge in [-0.2, -0.15) is 0 Å². The molecule has 2 aromatic carbocycles. The maximum Gasteiger partial charge on any atom is 0.197 e. The third kappa shape index (κ3) is 2.92. The lowest BCUT2D eigenvalue weighted by atomic mass is 10.1. The van der Waals surface area contributed by atoms with Gasteiger partial charge in [0, 0.05) is 18.7 Å². The van der Waals surface area contributed by atoms with Crippen LogP contribution in [0.25, 0.3) is 11.1 Å². The Kier molecular flexibility index (Phi) is 3.65. The average molecular weight is 280 g/mol. The number of hydrogen-bond donors (Lipinski definition) is 1. The molecule has 0 saturated heterocycles. The lowest BCUT2D eigenvalue weighted by Gasteiger charge is -2.07. The second-order valence-corrected chi connectivity index (χ2v) is 5.53. The highest BCUT2D eigenvalue weighted by atomic mass is 16.3. The molecule has 0 aliphatic rings. The van der Waals surface area contributed by atoms with E-state index in [-0.39, 0.29) is 0 Å². The van der Waals surface area contributed by atoms with Crippen LogP contribution in [-0.2, 0) is 6.42 Å². The summed E-state index contributed by atoms with van der Waals surface area (Å²) in [5, 5.41) is 3.43. The summed E-state index contributed by atoms with van der Waals surface area (Å²) in [6, 6.07) is 12.5. The van der Waals surface area contributed by atoms with Crippen molar-refractivity contribution in [3.05, 3.63) is 59.0 Å². The van der Waals surface area contributed by atoms with E-state index >= 15 is 0 Å².